The van der Waals surface area contributed by atoms with Gasteiger partial charge in [0.05, 0.1) is 11.1 Å². The standard InChI is InChI=1S/C18H15F2NO3/c19-17(20)18(23)14(11-21-10-12-6-2-1-3-7-12)16(22)13-8-4-5-9-15(13)24-18/h1-9,11,17,21,23H,10H2/b14-11+/t18-/m0/s1. The molecule has 0 saturated carbocycles. The minimum atomic E-state index is -3.28. The molecule has 1 heterocycles. The second kappa shape index (κ2) is 6.41. The lowest BCUT2D eigenvalue weighted by molar-refractivity contribution is -0.193. The van der Waals surface area contributed by atoms with Crippen molar-refractivity contribution in [1.29, 1.82) is 0 Å². The Balaban J connectivity index is 1.91. The topological polar surface area (TPSA) is 58.6 Å². The predicted octanol–water partition coefficient (Wildman–Crippen LogP) is 2.89. The zero-order valence-corrected chi connectivity index (χ0v) is 12.6. The number of Topliss-reactive ketones (excluding diaryl/α,β-unsaturated/α-hetero) is 1. The Kier molecular flexibility index (Phi) is 4.31. The third kappa shape index (κ3) is 2.88. The van der Waals surface area contributed by atoms with Crippen molar-refractivity contribution >= 4 is 5.78 Å². The lowest BCUT2D eigenvalue weighted by Crippen LogP contribution is -2.50. The molecule has 2 aromatic carbocycles. The molecular formula is C18H15F2NO3. The van der Waals surface area contributed by atoms with E-state index >= 15 is 0 Å². The number of aliphatic hydroxyl groups is 1. The van der Waals surface area contributed by atoms with Gasteiger partial charge in [0, 0.05) is 12.7 Å². The van der Waals surface area contributed by atoms with Crippen molar-refractivity contribution in [2.75, 3.05) is 0 Å². The van der Waals surface area contributed by atoms with Crippen LogP contribution in [0.15, 0.2) is 66.4 Å². The molecule has 0 bridgehead atoms. The van der Waals surface area contributed by atoms with E-state index in [0.29, 0.717) is 6.54 Å². The van der Waals surface area contributed by atoms with Crippen molar-refractivity contribution in [3.05, 3.63) is 77.5 Å². The predicted molar refractivity (Wildman–Crippen MR) is 83.7 cm³/mol. The fourth-order valence-corrected chi connectivity index (χ4v) is 2.47. The molecule has 0 aliphatic carbocycles. The number of halogens is 2. The maximum Gasteiger partial charge on any atom is 0.307 e. The van der Waals surface area contributed by atoms with Crippen LogP contribution >= 0.6 is 0 Å². The molecule has 0 amide bonds. The Hall–Kier alpha value is -2.73. The zero-order chi connectivity index (χ0) is 17.2. The van der Waals surface area contributed by atoms with Crippen LogP contribution in [0.25, 0.3) is 0 Å². The van der Waals surface area contributed by atoms with E-state index in [2.05, 4.69) is 5.32 Å². The smallest absolute Gasteiger partial charge is 0.307 e. The van der Waals surface area contributed by atoms with Crippen molar-refractivity contribution < 1.29 is 23.4 Å². The number of carbonyl (C=O) groups excluding carboxylic acids is 1. The first kappa shape index (κ1) is 16.1. The van der Waals surface area contributed by atoms with E-state index in [4.69, 9.17) is 4.74 Å². The third-order valence-electron chi connectivity index (χ3n) is 3.72. The molecule has 6 heteroatoms. The molecule has 124 valence electrons. The fraction of sp³-hybridized carbons (Fsp3) is 0.167. The van der Waals surface area contributed by atoms with Gasteiger partial charge in [-0.15, -0.1) is 0 Å². The molecule has 0 spiro atoms. The van der Waals surface area contributed by atoms with Crippen LogP contribution in [0.3, 0.4) is 0 Å². The van der Waals surface area contributed by atoms with Crippen LogP contribution in [-0.2, 0) is 6.54 Å². The van der Waals surface area contributed by atoms with E-state index in [0.717, 1.165) is 11.8 Å². The molecule has 0 fully saturated rings. The second-order valence-corrected chi connectivity index (χ2v) is 5.35. The van der Waals surface area contributed by atoms with Gasteiger partial charge < -0.3 is 15.2 Å². The highest BCUT2D eigenvalue weighted by Crippen LogP contribution is 2.38. The number of fused-ring (bicyclic) bond motifs is 1. The number of benzene rings is 2. The van der Waals surface area contributed by atoms with Crippen molar-refractivity contribution in [2.24, 2.45) is 0 Å². The molecule has 0 aromatic heterocycles. The van der Waals surface area contributed by atoms with Gasteiger partial charge in [-0.2, -0.15) is 0 Å². The molecule has 1 atom stereocenters. The zero-order valence-electron chi connectivity index (χ0n) is 12.6. The molecule has 2 aromatic rings. The van der Waals surface area contributed by atoms with Crippen LogP contribution in [0, 0.1) is 0 Å². The summed E-state index contributed by atoms with van der Waals surface area (Å²) in [4.78, 5) is 12.5. The average molecular weight is 331 g/mol. The summed E-state index contributed by atoms with van der Waals surface area (Å²) in [6.45, 7) is 0.318. The van der Waals surface area contributed by atoms with E-state index in [1.54, 1.807) is 12.1 Å². The minimum Gasteiger partial charge on any atom is -0.451 e. The summed E-state index contributed by atoms with van der Waals surface area (Å²) in [5.74, 6) is -3.74. The first-order valence-corrected chi connectivity index (χ1v) is 7.33. The Morgan fingerprint density at radius 3 is 2.50 bits per heavy atom. The number of para-hydroxylation sites is 1. The average Bonchev–Trinajstić information content (AvgIpc) is 2.58. The third-order valence-corrected chi connectivity index (χ3v) is 3.72. The van der Waals surface area contributed by atoms with Gasteiger partial charge >= 0.3 is 12.2 Å². The van der Waals surface area contributed by atoms with Gasteiger partial charge in [0.15, 0.2) is 0 Å². The maximum atomic E-state index is 13.4. The van der Waals surface area contributed by atoms with E-state index in [-0.39, 0.29) is 11.3 Å². The van der Waals surface area contributed by atoms with Crippen molar-refractivity contribution in [3.63, 3.8) is 0 Å². The molecule has 0 saturated heterocycles. The second-order valence-electron chi connectivity index (χ2n) is 5.35. The minimum absolute atomic E-state index is 0.0643. The number of ketones is 1. The summed E-state index contributed by atoms with van der Waals surface area (Å²) in [7, 11) is 0. The number of hydrogen-bond donors (Lipinski definition) is 2. The van der Waals surface area contributed by atoms with Gasteiger partial charge in [0.1, 0.15) is 5.75 Å². The molecule has 0 radical (unpaired) electrons. The Labute approximate surface area is 137 Å². The molecule has 24 heavy (non-hydrogen) atoms. The largest absolute Gasteiger partial charge is 0.451 e. The summed E-state index contributed by atoms with van der Waals surface area (Å²) < 4.78 is 31.8. The number of carbonyl (C=O) groups is 1. The SMILES string of the molecule is O=C1/C(=C\NCc2ccccc2)[C@@](O)(C(F)F)Oc2ccccc21. The highest BCUT2D eigenvalue weighted by atomic mass is 19.3. The molecule has 2 N–H and O–H groups in total. The molecule has 0 unspecified atom stereocenters. The van der Waals surface area contributed by atoms with Gasteiger partial charge in [-0.25, -0.2) is 8.78 Å². The fourth-order valence-electron chi connectivity index (χ4n) is 2.47. The van der Waals surface area contributed by atoms with Gasteiger partial charge in [0.25, 0.3) is 0 Å². The molecular weight excluding hydrogens is 316 g/mol. The van der Waals surface area contributed by atoms with Gasteiger partial charge in [-0.3, -0.25) is 4.79 Å². The molecule has 4 nitrogen and oxygen atoms in total. The van der Waals surface area contributed by atoms with E-state index < -0.39 is 23.6 Å². The Morgan fingerprint density at radius 2 is 1.79 bits per heavy atom. The van der Waals surface area contributed by atoms with Crippen molar-refractivity contribution in [2.45, 2.75) is 18.8 Å². The number of alkyl halides is 2. The van der Waals surface area contributed by atoms with Gasteiger partial charge in [0.2, 0.25) is 5.78 Å². The highest BCUT2D eigenvalue weighted by Gasteiger charge is 2.51. The highest BCUT2D eigenvalue weighted by molar-refractivity contribution is 6.12. The van der Waals surface area contributed by atoms with Crippen LogP contribution < -0.4 is 10.1 Å². The first-order chi connectivity index (χ1) is 11.5. The van der Waals surface area contributed by atoms with Crippen molar-refractivity contribution in [3.8, 4) is 5.75 Å². The number of rotatable bonds is 4. The van der Waals surface area contributed by atoms with E-state index in [1.807, 2.05) is 30.3 Å². The molecule has 3 rings (SSSR count). The normalized spacial score (nSPS) is 21.5. The first-order valence-electron chi connectivity index (χ1n) is 7.33. The lowest BCUT2D eigenvalue weighted by atomic mass is 9.93. The summed E-state index contributed by atoms with van der Waals surface area (Å²) in [5, 5.41) is 13.0. The number of ether oxygens (including phenoxy) is 1. The summed E-state index contributed by atoms with van der Waals surface area (Å²) in [6.07, 6.45) is -2.18. The summed E-state index contributed by atoms with van der Waals surface area (Å²) in [6, 6.07) is 15.2. The van der Waals surface area contributed by atoms with Gasteiger partial charge in [-0.05, 0) is 17.7 Å². The Morgan fingerprint density at radius 1 is 1.12 bits per heavy atom. The monoisotopic (exact) mass is 331 g/mol. The van der Waals surface area contributed by atoms with E-state index in [9.17, 15) is 18.7 Å². The van der Waals surface area contributed by atoms with Crippen LogP contribution in [0.4, 0.5) is 8.78 Å². The molecule has 1 aliphatic rings. The van der Waals surface area contributed by atoms with E-state index in [1.165, 1.54) is 12.1 Å². The lowest BCUT2D eigenvalue weighted by Gasteiger charge is -2.34. The quantitative estimate of drug-likeness (QED) is 0.846. The summed E-state index contributed by atoms with van der Waals surface area (Å²) >= 11 is 0. The van der Waals surface area contributed by atoms with Crippen molar-refractivity contribution in [1.82, 2.24) is 5.32 Å². The Bertz CT molecular complexity index is 777. The molecule has 1 aliphatic heterocycles. The van der Waals surface area contributed by atoms with Crippen LogP contribution in [0.1, 0.15) is 15.9 Å². The van der Waals surface area contributed by atoms with Crippen LogP contribution in [-0.4, -0.2) is 23.1 Å². The number of hydrogen-bond acceptors (Lipinski definition) is 4. The summed E-state index contributed by atoms with van der Waals surface area (Å²) in [5.41, 5.74) is 0.516. The van der Waals surface area contributed by atoms with Crippen LogP contribution in [0.2, 0.25) is 0 Å². The van der Waals surface area contributed by atoms with Crippen LogP contribution in [0.5, 0.6) is 5.75 Å². The maximum absolute atomic E-state index is 13.4. The number of nitrogens with one attached hydrogen (secondary N) is 1. The van der Waals surface area contributed by atoms with Gasteiger partial charge in [-0.1, -0.05) is 42.5 Å².